The van der Waals surface area contributed by atoms with Crippen LogP contribution in [0.4, 0.5) is 0 Å². The lowest BCUT2D eigenvalue weighted by Crippen LogP contribution is -2.34. The lowest BCUT2D eigenvalue weighted by atomic mass is 9.92. The Labute approximate surface area is 182 Å². The van der Waals surface area contributed by atoms with Gasteiger partial charge in [-0.3, -0.25) is 4.79 Å². The second kappa shape index (κ2) is 8.38. The summed E-state index contributed by atoms with van der Waals surface area (Å²) in [6, 6.07) is 7.94. The number of aliphatic hydroxyl groups is 1. The van der Waals surface area contributed by atoms with Gasteiger partial charge in [0.05, 0.1) is 18.3 Å². The Kier molecular flexibility index (Phi) is 5.85. The van der Waals surface area contributed by atoms with Crippen molar-refractivity contribution in [3.63, 3.8) is 0 Å². The molecule has 1 aliphatic rings. The summed E-state index contributed by atoms with van der Waals surface area (Å²) in [5.41, 5.74) is 2.53. The molecular formula is C21H23BrN4O2S. The fourth-order valence-corrected chi connectivity index (χ4v) is 4.92. The summed E-state index contributed by atoms with van der Waals surface area (Å²) >= 11 is 5.07. The molecule has 1 aromatic carbocycles. The molecule has 4 rings (SSSR count). The predicted octanol–water partition coefficient (Wildman–Crippen LogP) is 3.84. The summed E-state index contributed by atoms with van der Waals surface area (Å²) in [6.45, 7) is 3.19. The highest BCUT2D eigenvalue weighted by molar-refractivity contribution is 9.10. The van der Waals surface area contributed by atoms with Crippen molar-refractivity contribution in [3.05, 3.63) is 62.5 Å². The Morgan fingerprint density at radius 1 is 1.31 bits per heavy atom. The van der Waals surface area contributed by atoms with Crippen LogP contribution in [0.25, 0.3) is 5.69 Å². The molecule has 6 nitrogen and oxygen atoms in total. The smallest absolute Gasteiger partial charge is 0.227 e. The van der Waals surface area contributed by atoms with Gasteiger partial charge in [-0.25, -0.2) is 4.68 Å². The van der Waals surface area contributed by atoms with E-state index in [0.29, 0.717) is 38.0 Å². The first-order valence-corrected chi connectivity index (χ1v) is 11.4. The topological polar surface area (TPSA) is 71.2 Å². The zero-order chi connectivity index (χ0) is 20.4. The van der Waals surface area contributed by atoms with E-state index in [1.807, 2.05) is 46.8 Å². The number of hydrogen-bond acceptors (Lipinski definition) is 5. The van der Waals surface area contributed by atoms with Gasteiger partial charge in [0, 0.05) is 17.6 Å². The van der Waals surface area contributed by atoms with Crippen molar-refractivity contribution in [1.82, 2.24) is 19.9 Å². The van der Waals surface area contributed by atoms with Gasteiger partial charge in [-0.15, -0.1) is 5.10 Å². The number of carbonyl (C=O) groups excluding carboxylic acids is 1. The highest BCUT2D eigenvalue weighted by Crippen LogP contribution is 2.32. The van der Waals surface area contributed by atoms with Crippen molar-refractivity contribution in [2.45, 2.75) is 38.2 Å². The number of halogens is 1. The lowest BCUT2D eigenvalue weighted by Gasteiger charge is -2.24. The molecule has 1 amide bonds. The van der Waals surface area contributed by atoms with Gasteiger partial charge >= 0.3 is 0 Å². The predicted molar refractivity (Wildman–Crippen MR) is 116 cm³/mol. The lowest BCUT2D eigenvalue weighted by molar-refractivity contribution is -0.130. The van der Waals surface area contributed by atoms with Gasteiger partial charge in [-0.05, 0) is 72.3 Å². The molecule has 0 saturated carbocycles. The van der Waals surface area contributed by atoms with E-state index in [9.17, 15) is 9.90 Å². The molecule has 1 fully saturated rings. The van der Waals surface area contributed by atoms with Crippen molar-refractivity contribution in [1.29, 1.82) is 0 Å². The van der Waals surface area contributed by atoms with Crippen LogP contribution in [0.5, 0.6) is 0 Å². The molecule has 8 heteroatoms. The molecule has 1 atom stereocenters. The number of hydrogen-bond donors (Lipinski definition) is 1. The average molecular weight is 475 g/mol. The van der Waals surface area contributed by atoms with Gasteiger partial charge in [0.1, 0.15) is 11.3 Å². The van der Waals surface area contributed by atoms with E-state index in [-0.39, 0.29) is 5.91 Å². The fraction of sp³-hybridized carbons (Fsp3) is 0.381. The third kappa shape index (κ3) is 4.44. The zero-order valence-corrected chi connectivity index (χ0v) is 18.6. The van der Waals surface area contributed by atoms with Gasteiger partial charge in [0.15, 0.2) is 0 Å². The third-order valence-corrected chi connectivity index (χ3v) is 6.70. The number of rotatable bonds is 4. The standard InChI is InChI=1S/C21H23BrN4O2S/c1-15-11-17(22)3-4-18(15)26-13-19(23-24-26)21(28)6-2-8-25(9-7-21)20(27)12-16-5-10-29-14-16/h3-5,10-11,13-14,28H,2,6-9,12H2,1H3. The van der Waals surface area contributed by atoms with E-state index in [1.165, 1.54) is 0 Å². The Morgan fingerprint density at radius 2 is 2.17 bits per heavy atom. The van der Waals surface area contributed by atoms with E-state index in [0.717, 1.165) is 27.7 Å². The van der Waals surface area contributed by atoms with Crippen LogP contribution < -0.4 is 0 Å². The average Bonchev–Trinajstić information content (AvgIpc) is 3.33. The third-order valence-electron chi connectivity index (χ3n) is 5.48. The van der Waals surface area contributed by atoms with Crippen molar-refractivity contribution >= 4 is 33.2 Å². The van der Waals surface area contributed by atoms with Crippen molar-refractivity contribution in [2.24, 2.45) is 0 Å². The monoisotopic (exact) mass is 474 g/mol. The van der Waals surface area contributed by atoms with Crippen LogP contribution in [-0.4, -0.2) is 44.0 Å². The summed E-state index contributed by atoms with van der Waals surface area (Å²) in [7, 11) is 0. The molecule has 0 radical (unpaired) electrons. The molecular weight excluding hydrogens is 452 g/mol. The maximum absolute atomic E-state index is 12.6. The molecule has 29 heavy (non-hydrogen) atoms. The van der Waals surface area contributed by atoms with Crippen LogP contribution in [0.1, 0.15) is 36.1 Å². The molecule has 1 unspecified atom stereocenters. The minimum absolute atomic E-state index is 0.113. The Hall–Kier alpha value is -2.03. The Balaban J connectivity index is 1.47. The maximum atomic E-state index is 12.6. The number of aromatic nitrogens is 3. The summed E-state index contributed by atoms with van der Waals surface area (Å²) < 4.78 is 2.72. The van der Waals surface area contributed by atoms with E-state index < -0.39 is 5.60 Å². The summed E-state index contributed by atoms with van der Waals surface area (Å²) in [5, 5.41) is 23.8. The van der Waals surface area contributed by atoms with Crippen LogP contribution in [0, 0.1) is 6.92 Å². The molecule has 1 saturated heterocycles. The van der Waals surface area contributed by atoms with Gasteiger partial charge in [-0.2, -0.15) is 11.3 Å². The van der Waals surface area contributed by atoms with Crippen LogP contribution in [0.3, 0.4) is 0 Å². The summed E-state index contributed by atoms with van der Waals surface area (Å²) in [4.78, 5) is 14.5. The largest absolute Gasteiger partial charge is 0.383 e. The van der Waals surface area contributed by atoms with E-state index >= 15 is 0 Å². The highest BCUT2D eigenvalue weighted by Gasteiger charge is 2.35. The number of likely N-dealkylation sites (tertiary alicyclic amines) is 1. The molecule has 152 valence electrons. The molecule has 1 aliphatic heterocycles. The summed E-state index contributed by atoms with van der Waals surface area (Å²) in [5.74, 6) is 0.113. The van der Waals surface area contributed by atoms with E-state index in [4.69, 9.17) is 0 Å². The fourth-order valence-electron chi connectivity index (χ4n) is 3.77. The minimum atomic E-state index is -1.07. The number of aryl methyl sites for hydroxylation is 1. The molecule has 0 bridgehead atoms. The van der Waals surface area contributed by atoms with Gasteiger partial charge < -0.3 is 10.0 Å². The number of amides is 1. The van der Waals surface area contributed by atoms with Crippen molar-refractivity contribution in [2.75, 3.05) is 13.1 Å². The number of benzene rings is 1. The number of carbonyl (C=O) groups is 1. The van der Waals surface area contributed by atoms with Gasteiger partial charge in [0.2, 0.25) is 5.91 Å². The van der Waals surface area contributed by atoms with Crippen LogP contribution in [0.2, 0.25) is 0 Å². The van der Waals surface area contributed by atoms with Crippen LogP contribution in [-0.2, 0) is 16.8 Å². The minimum Gasteiger partial charge on any atom is -0.383 e. The first-order chi connectivity index (χ1) is 13.9. The van der Waals surface area contributed by atoms with E-state index in [2.05, 4.69) is 26.2 Å². The molecule has 0 spiro atoms. The number of nitrogens with zero attached hydrogens (tertiary/aromatic N) is 4. The van der Waals surface area contributed by atoms with Crippen molar-refractivity contribution < 1.29 is 9.90 Å². The molecule has 3 heterocycles. The molecule has 1 N–H and O–H groups in total. The molecule has 3 aromatic rings. The SMILES string of the molecule is Cc1cc(Br)ccc1-n1cc(C2(O)CCCN(C(=O)Cc3ccsc3)CC2)nn1. The first kappa shape index (κ1) is 20.3. The zero-order valence-electron chi connectivity index (χ0n) is 16.2. The Morgan fingerprint density at radius 3 is 2.93 bits per heavy atom. The highest BCUT2D eigenvalue weighted by atomic mass is 79.9. The first-order valence-electron chi connectivity index (χ1n) is 9.65. The van der Waals surface area contributed by atoms with Crippen molar-refractivity contribution in [3.8, 4) is 5.69 Å². The molecule has 0 aliphatic carbocycles. The maximum Gasteiger partial charge on any atom is 0.227 e. The van der Waals surface area contributed by atoms with Gasteiger partial charge in [0.25, 0.3) is 0 Å². The Bertz CT molecular complexity index is 1000. The van der Waals surface area contributed by atoms with Gasteiger partial charge in [-0.1, -0.05) is 21.1 Å². The van der Waals surface area contributed by atoms with Crippen LogP contribution >= 0.6 is 27.3 Å². The normalized spacial score (nSPS) is 19.9. The quantitative estimate of drug-likeness (QED) is 0.623. The number of thiophene rings is 1. The second-order valence-corrected chi connectivity index (χ2v) is 9.25. The van der Waals surface area contributed by atoms with E-state index in [1.54, 1.807) is 22.2 Å². The van der Waals surface area contributed by atoms with Crippen LogP contribution in [0.15, 0.2) is 45.7 Å². The molecule has 2 aromatic heterocycles. The summed E-state index contributed by atoms with van der Waals surface area (Å²) in [6.07, 6.45) is 3.98. The second-order valence-electron chi connectivity index (χ2n) is 7.55.